The van der Waals surface area contributed by atoms with Crippen LogP contribution in [0, 0.1) is 0 Å². The topological polar surface area (TPSA) is 57.5 Å². The Hall–Kier alpha value is -0.670. The third-order valence-electron chi connectivity index (χ3n) is 1.20. The fourth-order valence-corrected chi connectivity index (χ4v) is 0.529. The zero-order chi connectivity index (χ0) is 7.98. The third-order valence-corrected chi connectivity index (χ3v) is 1.20. The number of hydrogen-bond acceptors (Lipinski definition) is 3. The van der Waals surface area contributed by atoms with Crippen LogP contribution in [0.4, 0.5) is 0 Å². The van der Waals surface area contributed by atoms with Gasteiger partial charge in [-0.2, -0.15) is 0 Å². The lowest BCUT2D eigenvalue weighted by Crippen LogP contribution is -2.22. The summed E-state index contributed by atoms with van der Waals surface area (Å²) >= 11 is 0. The molecule has 3 heteroatoms. The maximum Gasteiger partial charge on any atom is 0.142 e. The molecule has 0 saturated heterocycles. The van der Waals surface area contributed by atoms with E-state index in [1.54, 1.807) is 6.92 Å². The van der Waals surface area contributed by atoms with Gasteiger partial charge in [-0.25, -0.2) is 0 Å². The summed E-state index contributed by atoms with van der Waals surface area (Å²) in [6.45, 7) is 1.75. The first-order valence-corrected chi connectivity index (χ1v) is 3.20. The Morgan fingerprint density at radius 2 is 2.10 bits per heavy atom. The van der Waals surface area contributed by atoms with Crippen LogP contribution in [0.1, 0.15) is 13.3 Å². The third kappa shape index (κ3) is 3.37. The van der Waals surface area contributed by atoms with E-state index in [1.165, 1.54) is 12.2 Å². The molecule has 0 aromatic carbocycles. The summed E-state index contributed by atoms with van der Waals surface area (Å²) < 4.78 is 0. The van der Waals surface area contributed by atoms with Crippen LogP contribution >= 0.6 is 0 Å². The molecule has 0 spiro atoms. The number of carbonyl (C=O) groups is 1. The van der Waals surface area contributed by atoms with Crippen LogP contribution in [0.2, 0.25) is 0 Å². The smallest absolute Gasteiger partial charge is 0.142 e. The van der Waals surface area contributed by atoms with Crippen LogP contribution < -0.4 is 0 Å². The molecular formula is C7H12O3. The molecule has 0 aliphatic heterocycles. The minimum atomic E-state index is -0.921. The van der Waals surface area contributed by atoms with Crippen LogP contribution in [-0.4, -0.2) is 28.7 Å². The van der Waals surface area contributed by atoms with Crippen molar-refractivity contribution in [2.45, 2.75) is 25.6 Å². The molecule has 0 rings (SSSR count). The van der Waals surface area contributed by atoms with Crippen molar-refractivity contribution in [1.29, 1.82) is 0 Å². The van der Waals surface area contributed by atoms with Crippen molar-refractivity contribution in [2.24, 2.45) is 0 Å². The van der Waals surface area contributed by atoms with Crippen LogP contribution in [0.15, 0.2) is 12.2 Å². The van der Waals surface area contributed by atoms with Gasteiger partial charge in [0.25, 0.3) is 0 Å². The van der Waals surface area contributed by atoms with Gasteiger partial charge in [-0.1, -0.05) is 13.0 Å². The summed E-state index contributed by atoms with van der Waals surface area (Å²) in [4.78, 5) is 9.74. The van der Waals surface area contributed by atoms with Gasteiger partial charge in [0.05, 0.1) is 12.2 Å². The van der Waals surface area contributed by atoms with Crippen molar-refractivity contribution in [3.05, 3.63) is 12.2 Å². The Labute approximate surface area is 60.0 Å². The first-order valence-electron chi connectivity index (χ1n) is 3.20. The molecule has 0 heterocycles. The van der Waals surface area contributed by atoms with Crippen molar-refractivity contribution in [3.63, 3.8) is 0 Å². The molecule has 2 unspecified atom stereocenters. The molecule has 2 N–H and O–H groups in total. The van der Waals surface area contributed by atoms with Gasteiger partial charge in [-0.3, -0.25) is 4.79 Å². The largest absolute Gasteiger partial charge is 0.390 e. The average molecular weight is 144 g/mol. The van der Waals surface area contributed by atoms with Gasteiger partial charge in [0.1, 0.15) is 6.29 Å². The Morgan fingerprint density at radius 1 is 1.50 bits per heavy atom. The zero-order valence-electron chi connectivity index (χ0n) is 5.90. The Bertz CT molecular complexity index is 120. The van der Waals surface area contributed by atoms with E-state index < -0.39 is 12.2 Å². The number of rotatable bonds is 4. The zero-order valence-corrected chi connectivity index (χ0v) is 5.90. The lowest BCUT2D eigenvalue weighted by molar-refractivity contribution is -0.104. The van der Waals surface area contributed by atoms with Gasteiger partial charge in [0.2, 0.25) is 0 Å². The van der Waals surface area contributed by atoms with Crippen LogP contribution in [0.3, 0.4) is 0 Å². The second-order valence-corrected chi connectivity index (χ2v) is 1.99. The lowest BCUT2D eigenvalue weighted by Gasteiger charge is -2.10. The van der Waals surface area contributed by atoms with Gasteiger partial charge in [0.15, 0.2) is 0 Å². The number of allylic oxidation sites excluding steroid dienone is 1. The highest BCUT2D eigenvalue weighted by Crippen LogP contribution is 1.98. The predicted octanol–water partition coefficient (Wildman–Crippen LogP) is -0.127. The molecule has 0 bridgehead atoms. The highest BCUT2D eigenvalue weighted by Gasteiger charge is 2.08. The van der Waals surface area contributed by atoms with E-state index in [0.717, 1.165) is 0 Å². The second kappa shape index (κ2) is 5.14. The number of aliphatic hydroxyl groups is 2. The van der Waals surface area contributed by atoms with Gasteiger partial charge in [0, 0.05) is 0 Å². The number of carbonyl (C=O) groups excluding carboxylic acids is 1. The summed E-state index contributed by atoms with van der Waals surface area (Å²) in [5.41, 5.74) is 0. The van der Waals surface area contributed by atoms with Crippen molar-refractivity contribution in [1.82, 2.24) is 0 Å². The molecule has 0 aromatic heterocycles. The van der Waals surface area contributed by atoms with Gasteiger partial charge < -0.3 is 10.2 Å². The fourth-order valence-electron chi connectivity index (χ4n) is 0.529. The summed E-state index contributed by atoms with van der Waals surface area (Å²) in [7, 11) is 0. The number of aldehydes is 1. The van der Waals surface area contributed by atoms with E-state index in [-0.39, 0.29) is 0 Å². The molecule has 0 aliphatic carbocycles. The molecule has 0 saturated carbocycles. The maximum atomic E-state index is 9.74. The minimum absolute atomic E-state index is 0.477. The van der Waals surface area contributed by atoms with E-state index in [9.17, 15) is 4.79 Å². The number of hydrogen-bond donors (Lipinski definition) is 2. The highest BCUT2D eigenvalue weighted by atomic mass is 16.3. The molecule has 2 atom stereocenters. The minimum Gasteiger partial charge on any atom is -0.390 e. The van der Waals surface area contributed by atoms with E-state index in [2.05, 4.69) is 0 Å². The second-order valence-electron chi connectivity index (χ2n) is 1.99. The van der Waals surface area contributed by atoms with Gasteiger partial charge in [-0.15, -0.1) is 0 Å². The molecule has 0 radical (unpaired) electrons. The summed E-state index contributed by atoms with van der Waals surface area (Å²) in [5.74, 6) is 0. The molecule has 0 fully saturated rings. The SMILES string of the molecule is CCC(O)C(O)C=CC=O. The first-order chi connectivity index (χ1) is 4.72. The van der Waals surface area contributed by atoms with Crippen molar-refractivity contribution < 1.29 is 15.0 Å². The predicted molar refractivity (Wildman–Crippen MR) is 37.5 cm³/mol. The first kappa shape index (κ1) is 9.33. The summed E-state index contributed by atoms with van der Waals surface area (Å²) in [5, 5.41) is 17.9. The maximum absolute atomic E-state index is 9.74. The monoisotopic (exact) mass is 144 g/mol. The number of aliphatic hydroxyl groups excluding tert-OH is 2. The molecule has 3 nitrogen and oxygen atoms in total. The Kier molecular flexibility index (Phi) is 4.80. The van der Waals surface area contributed by atoms with Crippen molar-refractivity contribution >= 4 is 6.29 Å². The molecule has 10 heavy (non-hydrogen) atoms. The molecule has 0 amide bonds. The Balaban J connectivity index is 3.70. The quantitative estimate of drug-likeness (QED) is 0.427. The molecule has 58 valence electrons. The van der Waals surface area contributed by atoms with Crippen LogP contribution in [0.25, 0.3) is 0 Å². The van der Waals surface area contributed by atoms with Crippen LogP contribution in [-0.2, 0) is 4.79 Å². The molecule has 0 aliphatic rings. The molecule has 0 aromatic rings. The van der Waals surface area contributed by atoms with Crippen molar-refractivity contribution in [2.75, 3.05) is 0 Å². The summed E-state index contributed by atoms with van der Waals surface area (Å²) in [6, 6.07) is 0. The van der Waals surface area contributed by atoms with E-state index in [1.807, 2.05) is 0 Å². The average Bonchev–Trinajstić information content (AvgIpc) is 1.98. The molecular weight excluding hydrogens is 132 g/mol. The van der Waals surface area contributed by atoms with Crippen molar-refractivity contribution in [3.8, 4) is 0 Å². The normalized spacial score (nSPS) is 17.1. The standard InChI is InChI=1S/C7H12O3/c1-2-6(9)7(10)4-3-5-8/h3-7,9-10H,2H2,1H3. The van der Waals surface area contributed by atoms with E-state index >= 15 is 0 Å². The van der Waals surface area contributed by atoms with Crippen LogP contribution in [0.5, 0.6) is 0 Å². The summed E-state index contributed by atoms with van der Waals surface area (Å²) in [6.07, 6.45) is 1.78. The highest BCUT2D eigenvalue weighted by molar-refractivity contribution is 5.64. The fraction of sp³-hybridized carbons (Fsp3) is 0.571. The van der Waals surface area contributed by atoms with Gasteiger partial charge >= 0.3 is 0 Å². The Morgan fingerprint density at radius 3 is 2.50 bits per heavy atom. The van der Waals surface area contributed by atoms with E-state index in [0.29, 0.717) is 12.7 Å². The lowest BCUT2D eigenvalue weighted by atomic mass is 10.1. The van der Waals surface area contributed by atoms with E-state index in [4.69, 9.17) is 10.2 Å². The van der Waals surface area contributed by atoms with Gasteiger partial charge in [-0.05, 0) is 12.5 Å².